The number of hydrogen-bond donors (Lipinski definition) is 2. The summed E-state index contributed by atoms with van der Waals surface area (Å²) in [4.78, 5) is 12.3. The monoisotopic (exact) mass is 272 g/mol. The highest BCUT2D eigenvalue weighted by molar-refractivity contribution is 5.85. The van der Waals surface area contributed by atoms with Crippen molar-refractivity contribution in [1.82, 2.24) is 10.6 Å². The Labute approximate surface area is 116 Å². The van der Waals surface area contributed by atoms with Crippen LogP contribution in [0.3, 0.4) is 0 Å². The van der Waals surface area contributed by atoms with Crippen LogP contribution in [0.2, 0.25) is 0 Å². The van der Waals surface area contributed by atoms with E-state index in [9.17, 15) is 4.79 Å². The van der Waals surface area contributed by atoms with Crippen LogP contribution in [0.25, 0.3) is 0 Å². The van der Waals surface area contributed by atoms with Gasteiger partial charge in [0.25, 0.3) is 0 Å². The highest BCUT2D eigenvalue weighted by Gasteiger charge is 2.50. The molecule has 4 aliphatic carbocycles. The number of likely N-dealkylation sites (N-methyl/N-ethyl adjacent to an activating group) is 1. The maximum atomic E-state index is 12.3. The molecule has 18 heavy (non-hydrogen) atoms. The van der Waals surface area contributed by atoms with Gasteiger partial charge < -0.3 is 10.6 Å². The van der Waals surface area contributed by atoms with Gasteiger partial charge >= 0.3 is 0 Å². The fourth-order valence-corrected chi connectivity index (χ4v) is 4.78. The molecule has 0 aromatic heterocycles. The van der Waals surface area contributed by atoms with Gasteiger partial charge in [-0.1, -0.05) is 0 Å². The van der Waals surface area contributed by atoms with Crippen LogP contribution in [0.1, 0.15) is 32.1 Å². The Morgan fingerprint density at radius 3 is 2.06 bits per heavy atom. The lowest BCUT2D eigenvalue weighted by atomic mass is 9.51. The zero-order valence-electron chi connectivity index (χ0n) is 11.2. The third kappa shape index (κ3) is 2.53. The second kappa shape index (κ2) is 5.79. The van der Waals surface area contributed by atoms with Crippen molar-refractivity contribution in [2.24, 2.45) is 29.6 Å². The summed E-state index contributed by atoms with van der Waals surface area (Å²) in [5.41, 5.74) is 0. The molecule has 0 unspecified atom stereocenters. The van der Waals surface area contributed by atoms with Crippen molar-refractivity contribution < 1.29 is 4.79 Å². The number of halogens is 1. The molecule has 0 radical (unpaired) electrons. The molecular formula is C14H25ClN2O. The topological polar surface area (TPSA) is 41.1 Å². The molecule has 0 saturated heterocycles. The normalized spacial score (nSPS) is 40.4. The zero-order valence-corrected chi connectivity index (χ0v) is 12.0. The van der Waals surface area contributed by atoms with E-state index in [1.807, 2.05) is 7.05 Å². The summed E-state index contributed by atoms with van der Waals surface area (Å²) in [5, 5.41) is 6.19. The summed E-state index contributed by atoms with van der Waals surface area (Å²) < 4.78 is 0. The number of carbonyl (C=O) groups is 1. The first-order valence-electron chi connectivity index (χ1n) is 7.20. The van der Waals surface area contributed by atoms with Crippen molar-refractivity contribution in [3.8, 4) is 0 Å². The molecule has 0 aromatic carbocycles. The molecule has 4 bridgehead atoms. The van der Waals surface area contributed by atoms with Crippen LogP contribution in [0.5, 0.6) is 0 Å². The Morgan fingerprint density at radius 2 is 1.56 bits per heavy atom. The quantitative estimate of drug-likeness (QED) is 0.767. The van der Waals surface area contributed by atoms with Crippen molar-refractivity contribution in [1.29, 1.82) is 0 Å². The van der Waals surface area contributed by atoms with E-state index in [4.69, 9.17) is 0 Å². The molecule has 4 heteroatoms. The van der Waals surface area contributed by atoms with E-state index in [2.05, 4.69) is 10.6 Å². The standard InChI is InChI=1S/C14H24N2O.ClH/c1-15-2-3-16-14(17)13-11-5-9-4-10(7-11)8-12(13)6-9;/h9-13,15H,2-8H2,1H3,(H,16,17);1H. The molecule has 2 N–H and O–H groups in total. The van der Waals surface area contributed by atoms with E-state index in [1.165, 1.54) is 32.1 Å². The minimum absolute atomic E-state index is 0. The van der Waals surface area contributed by atoms with Crippen LogP contribution in [0.4, 0.5) is 0 Å². The molecule has 4 rings (SSSR count). The first-order valence-corrected chi connectivity index (χ1v) is 7.20. The van der Waals surface area contributed by atoms with Crippen molar-refractivity contribution in [3.63, 3.8) is 0 Å². The number of hydrogen-bond acceptors (Lipinski definition) is 2. The molecule has 0 atom stereocenters. The fraction of sp³-hybridized carbons (Fsp3) is 0.929. The molecule has 1 amide bonds. The lowest BCUT2D eigenvalue weighted by Gasteiger charge is -2.53. The number of amides is 1. The SMILES string of the molecule is CNCCNC(=O)C1C2CC3CC(C2)CC1C3.Cl. The minimum Gasteiger partial charge on any atom is -0.355 e. The third-order valence-electron chi connectivity index (χ3n) is 5.20. The Hall–Kier alpha value is -0.280. The van der Waals surface area contributed by atoms with Crippen molar-refractivity contribution in [2.75, 3.05) is 20.1 Å². The van der Waals surface area contributed by atoms with E-state index < -0.39 is 0 Å². The Morgan fingerprint density at radius 1 is 1.00 bits per heavy atom. The first-order chi connectivity index (χ1) is 8.28. The second-order valence-corrected chi connectivity index (χ2v) is 6.35. The van der Waals surface area contributed by atoms with Crippen LogP contribution < -0.4 is 10.6 Å². The largest absolute Gasteiger partial charge is 0.355 e. The summed E-state index contributed by atoms with van der Waals surface area (Å²) in [6.45, 7) is 1.65. The van der Waals surface area contributed by atoms with E-state index in [-0.39, 0.29) is 12.4 Å². The second-order valence-electron chi connectivity index (χ2n) is 6.35. The third-order valence-corrected chi connectivity index (χ3v) is 5.20. The van der Waals surface area contributed by atoms with E-state index in [0.29, 0.717) is 23.7 Å². The smallest absolute Gasteiger partial charge is 0.223 e. The van der Waals surface area contributed by atoms with E-state index in [1.54, 1.807) is 0 Å². The highest BCUT2D eigenvalue weighted by atomic mass is 35.5. The molecule has 0 aliphatic heterocycles. The Balaban J connectivity index is 0.00000120. The minimum atomic E-state index is 0. The lowest BCUT2D eigenvalue weighted by Crippen LogP contribution is -2.51. The van der Waals surface area contributed by atoms with Gasteiger partial charge in [-0.05, 0) is 62.8 Å². The molecule has 3 nitrogen and oxygen atoms in total. The van der Waals surface area contributed by atoms with Gasteiger partial charge in [-0.2, -0.15) is 0 Å². The molecule has 4 fully saturated rings. The Kier molecular flexibility index (Phi) is 4.54. The summed E-state index contributed by atoms with van der Waals surface area (Å²) >= 11 is 0. The molecular weight excluding hydrogens is 248 g/mol. The van der Waals surface area contributed by atoms with E-state index in [0.717, 1.165) is 24.9 Å². The summed E-state index contributed by atoms with van der Waals surface area (Å²) in [7, 11) is 1.93. The van der Waals surface area contributed by atoms with Crippen LogP contribution in [0, 0.1) is 29.6 Å². The van der Waals surface area contributed by atoms with Gasteiger partial charge in [-0.3, -0.25) is 4.79 Å². The maximum absolute atomic E-state index is 12.3. The number of carbonyl (C=O) groups excluding carboxylic acids is 1. The summed E-state index contributed by atoms with van der Waals surface area (Å²) in [5.74, 6) is 4.02. The predicted molar refractivity (Wildman–Crippen MR) is 74.7 cm³/mol. The molecule has 4 saturated carbocycles. The number of nitrogens with one attached hydrogen (secondary N) is 2. The molecule has 4 aliphatic rings. The zero-order chi connectivity index (χ0) is 11.8. The summed E-state index contributed by atoms with van der Waals surface area (Å²) in [6, 6.07) is 0. The van der Waals surface area contributed by atoms with Crippen LogP contribution in [-0.2, 0) is 4.79 Å². The Bertz CT molecular complexity index is 280. The first kappa shape index (κ1) is 14.1. The van der Waals surface area contributed by atoms with Gasteiger partial charge in [0.1, 0.15) is 0 Å². The van der Waals surface area contributed by atoms with Crippen LogP contribution in [0.15, 0.2) is 0 Å². The van der Waals surface area contributed by atoms with Gasteiger partial charge in [0.2, 0.25) is 5.91 Å². The average molecular weight is 273 g/mol. The van der Waals surface area contributed by atoms with E-state index >= 15 is 0 Å². The number of rotatable bonds is 4. The maximum Gasteiger partial charge on any atom is 0.223 e. The van der Waals surface area contributed by atoms with Crippen molar-refractivity contribution >= 4 is 18.3 Å². The van der Waals surface area contributed by atoms with Gasteiger partial charge in [0, 0.05) is 19.0 Å². The summed E-state index contributed by atoms with van der Waals surface area (Å²) in [6.07, 6.45) is 6.78. The highest BCUT2D eigenvalue weighted by Crippen LogP contribution is 2.56. The fourth-order valence-electron chi connectivity index (χ4n) is 4.78. The lowest BCUT2D eigenvalue weighted by molar-refractivity contribution is -0.138. The van der Waals surface area contributed by atoms with Crippen LogP contribution >= 0.6 is 12.4 Å². The van der Waals surface area contributed by atoms with Crippen molar-refractivity contribution in [2.45, 2.75) is 32.1 Å². The molecule has 0 heterocycles. The molecule has 0 spiro atoms. The molecule has 104 valence electrons. The average Bonchev–Trinajstić information content (AvgIpc) is 2.27. The van der Waals surface area contributed by atoms with Gasteiger partial charge in [-0.25, -0.2) is 0 Å². The molecule has 0 aromatic rings. The van der Waals surface area contributed by atoms with Crippen molar-refractivity contribution in [3.05, 3.63) is 0 Å². The van der Waals surface area contributed by atoms with Crippen LogP contribution in [-0.4, -0.2) is 26.0 Å². The van der Waals surface area contributed by atoms with Gasteiger partial charge in [0.05, 0.1) is 0 Å². The predicted octanol–water partition coefficient (Wildman–Crippen LogP) is 1.82. The van der Waals surface area contributed by atoms with Gasteiger partial charge in [-0.15, -0.1) is 12.4 Å². The van der Waals surface area contributed by atoms with Gasteiger partial charge in [0.15, 0.2) is 0 Å².